The van der Waals surface area contributed by atoms with Gasteiger partial charge in [0.1, 0.15) is 0 Å². The summed E-state index contributed by atoms with van der Waals surface area (Å²) in [6.07, 6.45) is 0. The maximum Gasteiger partial charge on any atom is 0.337 e. The highest BCUT2D eigenvalue weighted by Gasteiger charge is 2.11. The molecule has 0 fully saturated rings. The second kappa shape index (κ2) is 8.42. The quantitative estimate of drug-likeness (QED) is 0.593. The normalized spacial score (nSPS) is 10.3. The van der Waals surface area contributed by atoms with Crippen LogP contribution in [0.3, 0.4) is 0 Å². The van der Waals surface area contributed by atoms with Crippen LogP contribution in [-0.2, 0) is 9.53 Å². The molecule has 1 amide bonds. The van der Waals surface area contributed by atoms with Gasteiger partial charge in [0, 0.05) is 15.6 Å². The Morgan fingerprint density at radius 3 is 2.62 bits per heavy atom. The van der Waals surface area contributed by atoms with Gasteiger partial charge in [0.15, 0.2) is 0 Å². The third-order valence-corrected chi connectivity index (χ3v) is 4.92. The van der Waals surface area contributed by atoms with Crippen molar-refractivity contribution in [3.8, 4) is 0 Å². The Morgan fingerprint density at radius 2 is 1.92 bits per heavy atom. The zero-order chi connectivity index (χ0) is 17.7. The van der Waals surface area contributed by atoms with E-state index in [4.69, 9.17) is 23.2 Å². The molecular formula is C17H15Cl2NO3S. The van der Waals surface area contributed by atoms with E-state index >= 15 is 0 Å². The molecule has 0 spiro atoms. The van der Waals surface area contributed by atoms with Gasteiger partial charge in [-0.05, 0) is 42.8 Å². The Bertz CT molecular complexity index is 780. The summed E-state index contributed by atoms with van der Waals surface area (Å²) in [6.45, 7) is 1.84. The predicted octanol–water partition coefficient (Wildman–Crippen LogP) is 4.82. The highest BCUT2D eigenvalue weighted by Crippen LogP contribution is 2.30. The van der Waals surface area contributed by atoms with E-state index in [9.17, 15) is 9.59 Å². The number of carbonyl (C=O) groups is 2. The number of thioether (sulfide) groups is 1. The number of esters is 1. The van der Waals surface area contributed by atoms with Crippen LogP contribution in [0.4, 0.5) is 5.69 Å². The molecular weight excluding hydrogens is 369 g/mol. The minimum atomic E-state index is -0.453. The number of anilines is 1. The number of amides is 1. The van der Waals surface area contributed by atoms with Gasteiger partial charge in [-0.3, -0.25) is 4.79 Å². The molecule has 0 atom stereocenters. The summed E-state index contributed by atoms with van der Waals surface area (Å²) in [5.74, 6) is -0.492. The van der Waals surface area contributed by atoms with Crippen molar-refractivity contribution in [2.75, 3.05) is 18.2 Å². The fourth-order valence-electron chi connectivity index (χ4n) is 1.92. The van der Waals surface area contributed by atoms with Gasteiger partial charge in [0.25, 0.3) is 0 Å². The molecule has 24 heavy (non-hydrogen) atoms. The minimum Gasteiger partial charge on any atom is -0.465 e. The van der Waals surface area contributed by atoms with Gasteiger partial charge in [0.05, 0.1) is 23.4 Å². The van der Waals surface area contributed by atoms with Gasteiger partial charge in [-0.25, -0.2) is 4.79 Å². The number of benzene rings is 2. The maximum atomic E-state index is 12.2. The summed E-state index contributed by atoms with van der Waals surface area (Å²) in [4.78, 5) is 24.5. The van der Waals surface area contributed by atoms with Crippen LogP contribution in [0.25, 0.3) is 0 Å². The smallest absolute Gasteiger partial charge is 0.337 e. The molecule has 7 heteroatoms. The lowest BCUT2D eigenvalue weighted by Gasteiger charge is -2.10. The molecule has 0 aliphatic carbocycles. The Kier molecular flexibility index (Phi) is 6.54. The molecule has 2 aromatic rings. The summed E-state index contributed by atoms with van der Waals surface area (Å²) in [6, 6.07) is 10.1. The van der Waals surface area contributed by atoms with E-state index in [1.165, 1.54) is 18.9 Å². The van der Waals surface area contributed by atoms with E-state index in [-0.39, 0.29) is 11.7 Å². The number of aryl methyl sites for hydroxylation is 1. The van der Waals surface area contributed by atoms with Gasteiger partial charge in [-0.2, -0.15) is 0 Å². The van der Waals surface area contributed by atoms with E-state index in [0.717, 1.165) is 10.5 Å². The second-order valence-corrected chi connectivity index (χ2v) is 6.79. The average Bonchev–Trinajstić information content (AvgIpc) is 2.57. The fourth-order valence-corrected chi connectivity index (χ4v) is 3.21. The van der Waals surface area contributed by atoms with E-state index in [0.29, 0.717) is 21.3 Å². The molecule has 0 aliphatic rings. The number of hydrogen-bond donors (Lipinski definition) is 1. The molecule has 126 valence electrons. The monoisotopic (exact) mass is 383 g/mol. The van der Waals surface area contributed by atoms with E-state index in [2.05, 4.69) is 10.1 Å². The molecule has 0 saturated heterocycles. The van der Waals surface area contributed by atoms with Crippen molar-refractivity contribution >= 4 is 52.5 Å². The summed E-state index contributed by atoms with van der Waals surface area (Å²) in [5.41, 5.74) is 1.80. The Hall–Kier alpha value is -1.69. The lowest BCUT2D eigenvalue weighted by Crippen LogP contribution is -2.15. The molecule has 0 radical (unpaired) electrons. The summed E-state index contributed by atoms with van der Waals surface area (Å²) in [7, 11) is 1.31. The first kappa shape index (κ1) is 18.6. The van der Waals surface area contributed by atoms with Crippen LogP contribution in [0.15, 0.2) is 41.3 Å². The molecule has 1 N–H and O–H groups in total. The Labute approximate surface area is 154 Å². The molecule has 4 nitrogen and oxygen atoms in total. The minimum absolute atomic E-state index is 0.169. The van der Waals surface area contributed by atoms with Gasteiger partial charge in [-0.1, -0.05) is 29.3 Å². The molecule has 0 heterocycles. The highest BCUT2D eigenvalue weighted by molar-refractivity contribution is 8.00. The van der Waals surface area contributed by atoms with Crippen molar-refractivity contribution in [1.82, 2.24) is 0 Å². The van der Waals surface area contributed by atoms with Crippen molar-refractivity contribution in [2.45, 2.75) is 11.8 Å². The van der Waals surface area contributed by atoms with Gasteiger partial charge < -0.3 is 10.1 Å². The largest absolute Gasteiger partial charge is 0.465 e. The Balaban J connectivity index is 2.04. The van der Waals surface area contributed by atoms with Crippen LogP contribution in [0.1, 0.15) is 15.9 Å². The third kappa shape index (κ3) is 4.90. The lowest BCUT2D eigenvalue weighted by atomic mass is 10.1. The summed E-state index contributed by atoms with van der Waals surface area (Å²) < 4.78 is 4.68. The maximum absolute atomic E-state index is 12.2. The van der Waals surface area contributed by atoms with Crippen LogP contribution in [0.2, 0.25) is 10.0 Å². The fraction of sp³-hybridized carbons (Fsp3) is 0.176. The first-order chi connectivity index (χ1) is 11.4. The zero-order valence-corrected chi connectivity index (χ0v) is 15.4. The molecule has 2 rings (SSSR count). The zero-order valence-electron chi connectivity index (χ0n) is 13.1. The van der Waals surface area contributed by atoms with Crippen molar-refractivity contribution in [1.29, 1.82) is 0 Å². The number of rotatable bonds is 5. The van der Waals surface area contributed by atoms with Crippen LogP contribution in [0.5, 0.6) is 0 Å². The molecule has 2 aromatic carbocycles. The molecule has 0 aromatic heterocycles. The van der Waals surface area contributed by atoms with Crippen LogP contribution < -0.4 is 5.32 Å². The predicted molar refractivity (Wildman–Crippen MR) is 98.3 cm³/mol. The summed E-state index contributed by atoms with van der Waals surface area (Å²) in [5, 5.41) is 3.89. The first-order valence-electron chi connectivity index (χ1n) is 6.97. The number of hydrogen-bond acceptors (Lipinski definition) is 4. The van der Waals surface area contributed by atoms with E-state index < -0.39 is 5.97 Å². The lowest BCUT2D eigenvalue weighted by molar-refractivity contribution is -0.113. The summed E-state index contributed by atoms with van der Waals surface area (Å²) >= 11 is 13.3. The molecule has 0 saturated carbocycles. The number of nitrogens with one attached hydrogen (secondary N) is 1. The van der Waals surface area contributed by atoms with Crippen LogP contribution in [0, 0.1) is 6.92 Å². The molecule has 0 aliphatic heterocycles. The van der Waals surface area contributed by atoms with Crippen molar-refractivity contribution in [3.63, 3.8) is 0 Å². The number of ether oxygens (including phenoxy) is 1. The highest BCUT2D eigenvalue weighted by atomic mass is 35.5. The Morgan fingerprint density at radius 1 is 1.17 bits per heavy atom. The number of methoxy groups -OCH3 is 1. The van der Waals surface area contributed by atoms with Gasteiger partial charge in [0.2, 0.25) is 5.91 Å². The van der Waals surface area contributed by atoms with Gasteiger partial charge in [-0.15, -0.1) is 11.8 Å². The third-order valence-electron chi connectivity index (χ3n) is 3.18. The van der Waals surface area contributed by atoms with Crippen LogP contribution >= 0.6 is 35.0 Å². The van der Waals surface area contributed by atoms with Crippen molar-refractivity contribution < 1.29 is 14.3 Å². The number of halogens is 2. The molecule has 0 unspecified atom stereocenters. The van der Waals surface area contributed by atoms with Crippen LogP contribution in [-0.4, -0.2) is 24.7 Å². The SMILES string of the molecule is COC(=O)c1ccc(C)c(NC(=O)CSc2cc(Cl)ccc2Cl)c1. The van der Waals surface area contributed by atoms with E-state index in [1.807, 2.05) is 6.92 Å². The average molecular weight is 384 g/mol. The molecule has 0 bridgehead atoms. The topological polar surface area (TPSA) is 55.4 Å². The van der Waals surface area contributed by atoms with E-state index in [1.54, 1.807) is 36.4 Å². The standard InChI is InChI=1S/C17H15Cl2NO3S/c1-10-3-4-11(17(22)23-2)7-14(10)20-16(21)9-24-15-8-12(18)5-6-13(15)19/h3-8H,9H2,1-2H3,(H,20,21). The van der Waals surface area contributed by atoms with Gasteiger partial charge >= 0.3 is 5.97 Å². The van der Waals surface area contributed by atoms with Crippen molar-refractivity contribution in [3.05, 3.63) is 57.6 Å². The first-order valence-corrected chi connectivity index (χ1v) is 8.71. The number of carbonyl (C=O) groups excluding carboxylic acids is 2. The van der Waals surface area contributed by atoms with Crippen molar-refractivity contribution in [2.24, 2.45) is 0 Å². The second-order valence-electron chi connectivity index (χ2n) is 4.93.